The molecule has 1 aromatic carbocycles. The molecule has 0 aliphatic carbocycles. The van der Waals surface area contributed by atoms with E-state index in [2.05, 4.69) is 44.9 Å². The highest BCUT2D eigenvalue weighted by molar-refractivity contribution is 5.78. The summed E-state index contributed by atoms with van der Waals surface area (Å²) >= 11 is 0. The van der Waals surface area contributed by atoms with Crippen molar-refractivity contribution in [2.24, 2.45) is 0 Å². The lowest BCUT2D eigenvalue weighted by molar-refractivity contribution is 0.472. The smallest absolute Gasteiger partial charge is 0.125 e. The lowest BCUT2D eigenvalue weighted by atomic mass is 9.96. The maximum atomic E-state index is 10.1. The van der Waals surface area contributed by atoms with Gasteiger partial charge in [0.2, 0.25) is 0 Å². The topological polar surface area (TPSA) is 23.5 Å². The lowest BCUT2D eigenvalue weighted by Crippen LogP contribution is -2.23. The molecule has 0 saturated carbocycles. The summed E-state index contributed by atoms with van der Waals surface area (Å²) < 4.78 is 0. The van der Waals surface area contributed by atoms with Crippen LogP contribution in [0.25, 0.3) is 6.08 Å². The minimum absolute atomic E-state index is 0.395. The Balaban J connectivity index is 2.60. The normalized spacial score (nSPS) is 15.1. The van der Waals surface area contributed by atoms with Gasteiger partial charge in [-0.1, -0.05) is 19.4 Å². The first kappa shape index (κ1) is 11.1. The van der Waals surface area contributed by atoms with E-state index in [-0.39, 0.29) is 0 Å². The van der Waals surface area contributed by atoms with Gasteiger partial charge >= 0.3 is 0 Å². The van der Waals surface area contributed by atoms with E-state index < -0.39 is 0 Å². The van der Waals surface area contributed by atoms with Gasteiger partial charge in [-0.3, -0.25) is 0 Å². The van der Waals surface area contributed by atoms with E-state index in [0.29, 0.717) is 11.7 Å². The highest BCUT2D eigenvalue weighted by Crippen LogP contribution is 2.37. The van der Waals surface area contributed by atoms with Crippen molar-refractivity contribution in [1.29, 1.82) is 0 Å². The van der Waals surface area contributed by atoms with Crippen LogP contribution in [0.2, 0.25) is 0 Å². The molecule has 0 fully saturated rings. The van der Waals surface area contributed by atoms with Crippen LogP contribution in [0.15, 0.2) is 17.7 Å². The van der Waals surface area contributed by atoms with E-state index in [1.807, 2.05) is 6.07 Å². The van der Waals surface area contributed by atoms with Gasteiger partial charge in [-0.05, 0) is 36.6 Å². The van der Waals surface area contributed by atoms with Crippen LogP contribution in [0, 0.1) is 0 Å². The summed E-state index contributed by atoms with van der Waals surface area (Å²) in [5, 5.41) is 10.1. The van der Waals surface area contributed by atoms with Gasteiger partial charge in [0, 0.05) is 24.8 Å². The van der Waals surface area contributed by atoms with Gasteiger partial charge in [0.25, 0.3) is 0 Å². The Morgan fingerprint density at radius 3 is 2.62 bits per heavy atom. The third kappa shape index (κ3) is 1.80. The molecular formula is C14H19NO. The van der Waals surface area contributed by atoms with Crippen LogP contribution in [-0.4, -0.2) is 18.7 Å². The van der Waals surface area contributed by atoms with E-state index >= 15 is 0 Å². The van der Waals surface area contributed by atoms with Crippen molar-refractivity contribution in [3.63, 3.8) is 0 Å². The highest BCUT2D eigenvalue weighted by Gasteiger charge is 2.17. The monoisotopic (exact) mass is 217 g/mol. The number of likely N-dealkylation sites (N-methyl/N-ethyl adjacent to an activating group) is 1. The standard InChI is InChI=1S/C14H19NO/c1-9(2)11-6-13-12(14(16)7-11)5-10(3)8-15(13)4/h5-7,9,16H,8H2,1-4H3. The second-order valence-electron chi connectivity index (χ2n) is 4.97. The second-order valence-corrected chi connectivity index (χ2v) is 4.97. The first-order valence-corrected chi connectivity index (χ1v) is 5.74. The summed E-state index contributed by atoms with van der Waals surface area (Å²) in [6, 6.07) is 4.06. The van der Waals surface area contributed by atoms with Crippen LogP contribution in [0.4, 0.5) is 5.69 Å². The fourth-order valence-corrected chi connectivity index (χ4v) is 2.19. The van der Waals surface area contributed by atoms with Crippen molar-refractivity contribution < 1.29 is 5.11 Å². The molecule has 0 saturated heterocycles. The zero-order valence-corrected chi connectivity index (χ0v) is 10.4. The first-order valence-electron chi connectivity index (χ1n) is 5.74. The summed E-state index contributed by atoms with van der Waals surface area (Å²) in [5.41, 5.74) is 4.56. The van der Waals surface area contributed by atoms with Crippen molar-refractivity contribution in [3.8, 4) is 5.75 Å². The molecule has 2 rings (SSSR count). The van der Waals surface area contributed by atoms with Crippen molar-refractivity contribution in [2.45, 2.75) is 26.7 Å². The zero-order chi connectivity index (χ0) is 11.9. The second kappa shape index (κ2) is 3.85. The van der Waals surface area contributed by atoms with Crippen molar-refractivity contribution in [1.82, 2.24) is 0 Å². The molecule has 1 aromatic rings. The maximum Gasteiger partial charge on any atom is 0.125 e. The molecule has 86 valence electrons. The number of phenols is 1. The number of rotatable bonds is 1. The van der Waals surface area contributed by atoms with Crippen LogP contribution < -0.4 is 4.90 Å². The summed E-state index contributed by atoms with van der Waals surface area (Å²) in [6.45, 7) is 7.32. The molecule has 0 unspecified atom stereocenters. The molecule has 0 atom stereocenters. The van der Waals surface area contributed by atoms with Crippen LogP contribution in [0.1, 0.15) is 37.8 Å². The van der Waals surface area contributed by atoms with E-state index in [4.69, 9.17) is 0 Å². The van der Waals surface area contributed by atoms with Gasteiger partial charge in [-0.2, -0.15) is 0 Å². The molecule has 2 nitrogen and oxygen atoms in total. The molecule has 0 amide bonds. The number of nitrogens with zero attached hydrogens (tertiary/aromatic N) is 1. The summed E-state index contributed by atoms with van der Waals surface area (Å²) in [4.78, 5) is 2.19. The fourth-order valence-electron chi connectivity index (χ4n) is 2.19. The molecule has 0 aromatic heterocycles. The number of benzene rings is 1. The number of anilines is 1. The Hall–Kier alpha value is -1.44. The maximum absolute atomic E-state index is 10.1. The quantitative estimate of drug-likeness (QED) is 0.779. The van der Waals surface area contributed by atoms with Crippen molar-refractivity contribution >= 4 is 11.8 Å². The summed E-state index contributed by atoms with van der Waals surface area (Å²) in [5.74, 6) is 0.837. The fraction of sp³-hybridized carbons (Fsp3) is 0.429. The number of fused-ring (bicyclic) bond motifs is 1. The van der Waals surface area contributed by atoms with Gasteiger partial charge in [-0.15, -0.1) is 0 Å². The number of hydrogen-bond acceptors (Lipinski definition) is 2. The number of phenolic OH excluding ortho intramolecular Hbond substituents is 1. The first-order chi connectivity index (χ1) is 7.49. The van der Waals surface area contributed by atoms with E-state index in [1.54, 1.807) is 0 Å². The largest absolute Gasteiger partial charge is 0.507 e. The minimum atomic E-state index is 0.395. The predicted octanol–water partition coefficient (Wildman–Crippen LogP) is 3.37. The Bertz CT molecular complexity index is 446. The zero-order valence-electron chi connectivity index (χ0n) is 10.4. The van der Waals surface area contributed by atoms with E-state index in [9.17, 15) is 5.11 Å². The molecule has 0 radical (unpaired) electrons. The van der Waals surface area contributed by atoms with Crippen molar-refractivity contribution in [3.05, 3.63) is 28.8 Å². The van der Waals surface area contributed by atoms with Crippen LogP contribution >= 0.6 is 0 Å². The molecule has 2 heteroatoms. The van der Waals surface area contributed by atoms with E-state index in [0.717, 1.165) is 17.8 Å². The van der Waals surface area contributed by atoms with Crippen LogP contribution in [0.3, 0.4) is 0 Å². The third-order valence-corrected chi connectivity index (χ3v) is 3.11. The van der Waals surface area contributed by atoms with Gasteiger partial charge in [0.15, 0.2) is 0 Å². The number of hydrogen-bond donors (Lipinski definition) is 1. The Morgan fingerprint density at radius 1 is 1.31 bits per heavy atom. The highest BCUT2D eigenvalue weighted by atomic mass is 16.3. The summed E-state index contributed by atoms with van der Waals surface area (Å²) in [7, 11) is 2.07. The van der Waals surface area contributed by atoms with Crippen LogP contribution in [0.5, 0.6) is 5.75 Å². The Labute approximate surface area is 97.2 Å². The molecule has 1 aliphatic heterocycles. The van der Waals surface area contributed by atoms with Gasteiger partial charge in [-0.25, -0.2) is 0 Å². The van der Waals surface area contributed by atoms with Crippen LogP contribution in [-0.2, 0) is 0 Å². The molecule has 1 aliphatic rings. The molecule has 0 spiro atoms. The number of aromatic hydroxyl groups is 1. The molecule has 1 heterocycles. The average Bonchev–Trinajstić information content (AvgIpc) is 2.19. The third-order valence-electron chi connectivity index (χ3n) is 3.11. The lowest BCUT2D eigenvalue weighted by Gasteiger charge is -2.28. The molecule has 1 N–H and O–H groups in total. The van der Waals surface area contributed by atoms with Gasteiger partial charge < -0.3 is 10.0 Å². The van der Waals surface area contributed by atoms with Gasteiger partial charge in [0.1, 0.15) is 5.75 Å². The SMILES string of the molecule is CC1=Cc2c(O)cc(C(C)C)cc2N(C)C1. The average molecular weight is 217 g/mol. The van der Waals surface area contributed by atoms with E-state index in [1.165, 1.54) is 11.1 Å². The molecule has 16 heavy (non-hydrogen) atoms. The van der Waals surface area contributed by atoms with Gasteiger partial charge in [0.05, 0.1) is 0 Å². The molecule has 0 bridgehead atoms. The Kier molecular flexibility index (Phi) is 2.66. The predicted molar refractivity (Wildman–Crippen MR) is 69.1 cm³/mol. The van der Waals surface area contributed by atoms with Crippen molar-refractivity contribution in [2.75, 3.05) is 18.5 Å². The minimum Gasteiger partial charge on any atom is -0.507 e. The Morgan fingerprint density at radius 2 is 2.00 bits per heavy atom. The summed E-state index contributed by atoms with van der Waals surface area (Å²) in [6.07, 6.45) is 2.08. The molecular weight excluding hydrogens is 198 g/mol.